The van der Waals surface area contributed by atoms with Crippen molar-refractivity contribution in [2.75, 3.05) is 13.7 Å². The van der Waals surface area contributed by atoms with E-state index >= 15 is 0 Å². The first-order valence-corrected chi connectivity index (χ1v) is 15.7. The highest BCUT2D eigenvalue weighted by Gasteiger charge is 2.66. The maximum absolute atomic E-state index is 6.62. The Morgan fingerprint density at radius 2 is 1.79 bits per heavy atom. The van der Waals surface area contributed by atoms with Crippen LogP contribution in [0.25, 0.3) is 0 Å². The van der Waals surface area contributed by atoms with Crippen LogP contribution in [0.3, 0.4) is 0 Å². The standard InChI is InChI=1S/C27H44O5Si/c1-25(2,3)33(6,7)29-17-16-21-14-11-15-22-19-23(18-20-12-9-8-10-13-20)26(4)30-24(28-5)27(21,22)32-31-26/h8-10,12-13,21-24H,11,14-19H2,1-7H3/t21-,22+,23?,24-,26+,27-/m0/s1. The molecule has 0 radical (unpaired) electrons. The summed E-state index contributed by atoms with van der Waals surface area (Å²) in [5.41, 5.74) is 0.730. The molecule has 1 unspecified atom stereocenters. The summed E-state index contributed by atoms with van der Waals surface area (Å²) in [6.07, 6.45) is 5.84. The lowest BCUT2D eigenvalue weighted by atomic mass is 9.64. The molecule has 3 heterocycles. The van der Waals surface area contributed by atoms with Crippen LogP contribution >= 0.6 is 0 Å². The zero-order valence-electron chi connectivity index (χ0n) is 21.7. The zero-order valence-corrected chi connectivity index (χ0v) is 22.7. The molecule has 0 aromatic heterocycles. The predicted octanol–water partition coefficient (Wildman–Crippen LogP) is 6.48. The van der Waals surface area contributed by atoms with Gasteiger partial charge in [0.15, 0.2) is 20.2 Å². The van der Waals surface area contributed by atoms with Gasteiger partial charge >= 0.3 is 0 Å². The lowest BCUT2D eigenvalue weighted by Crippen LogP contribution is -2.64. The molecular weight excluding hydrogens is 432 g/mol. The summed E-state index contributed by atoms with van der Waals surface area (Å²) >= 11 is 0. The van der Waals surface area contributed by atoms with Crippen molar-refractivity contribution in [1.82, 2.24) is 0 Å². The molecule has 1 aromatic rings. The van der Waals surface area contributed by atoms with Crippen molar-refractivity contribution in [1.29, 1.82) is 0 Å². The van der Waals surface area contributed by atoms with Crippen molar-refractivity contribution in [2.45, 2.75) is 102 Å². The molecule has 4 fully saturated rings. The van der Waals surface area contributed by atoms with E-state index < -0.39 is 26.0 Å². The highest BCUT2D eigenvalue weighted by Crippen LogP contribution is 2.57. The molecule has 1 aliphatic carbocycles. The van der Waals surface area contributed by atoms with E-state index in [1.54, 1.807) is 7.11 Å². The zero-order chi connectivity index (χ0) is 23.9. The highest BCUT2D eigenvalue weighted by molar-refractivity contribution is 6.74. The van der Waals surface area contributed by atoms with Gasteiger partial charge in [-0.05, 0) is 74.6 Å². The van der Waals surface area contributed by atoms with E-state index in [1.165, 1.54) is 12.0 Å². The second-order valence-corrected chi connectivity index (χ2v) is 16.9. The number of benzene rings is 1. The summed E-state index contributed by atoms with van der Waals surface area (Å²) in [6.45, 7) is 14.3. The third-order valence-corrected chi connectivity index (χ3v) is 13.6. The largest absolute Gasteiger partial charge is 0.417 e. The SMILES string of the molecule is CO[C@H]1O[C@]2(C)OO[C@]13[C@H](CCO[Si](C)(C)C(C)(C)C)CCC[C@@H]3CC2Cc1ccccc1. The monoisotopic (exact) mass is 476 g/mol. The van der Waals surface area contributed by atoms with Crippen molar-refractivity contribution in [2.24, 2.45) is 17.8 Å². The van der Waals surface area contributed by atoms with Gasteiger partial charge in [-0.2, -0.15) is 0 Å². The summed E-state index contributed by atoms with van der Waals surface area (Å²) in [7, 11) is -0.0498. The van der Waals surface area contributed by atoms with Gasteiger partial charge in [0.1, 0.15) is 0 Å². The Kier molecular flexibility index (Phi) is 7.19. The van der Waals surface area contributed by atoms with Crippen LogP contribution in [0, 0.1) is 17.8 Å². The van der Waals surface area contributed by atoms with E-state index in [0.717, 1.165) is 38.7 Å². The molecule has 0 N–H and O–H groups in total. The first-order chi connectivity index (χ1) is 15.5. The third kappa shape index (κ3) is 4.72. The maximum Gasteiger partial charge on any atom is 0.204 e. The molecule has 1 aromatic carbocycles. The van der Waals surface area contributed by atoms with Crippen molar-refractivity contribution in [3.8, 4) is 0 Å². The van der Waals surface area contributed by atoms with Crippen LogP contribution in [0.5, 0.6) is 0 Å². The summed E-state index contributed by atoms with van der Waals surface area (Å²) < 4.78 is 19.2. The minimum atomic E-state index is -1.79. The van der Waals surface area contributed by atoms with Crippen molar-refractivity contribution < 1.29 is 23.7 Å². The Labute approximate surface area is 201 Å². The van der Waals surface area contributed by atoms with Crippen LogP contribution in [0.4, 0.5) is 0 Å². The molecule has 186 valence electrons. The summed E-state index contributed by atoms with van der Waals surface area (Å²) in [6, 6.07) is 10.6. The maximum atomic E-state index is 6.62. The minimum Gasteiger partial charge on any atom is -0.417 e. The van der Waals surface area contributed by atoms with Gasteiger partial charge in [-0.1, -0.05) is 57.5 Å². The van der Waals surface area contributed by atoms with Crippen molar-refractivity contribution in [3.63, 3.8) is 0 Å². The fourth-order valence-corrected chi connectivity index (χ4v) is 6.96. The average molecular weight is 477 g/mol. The number of hydrogen-bond donors (Lipinski definition) is 0. The molecule has 1 saturated carbocycles. The van der Waals surface area contributed by atoms with Gasteiger partial charge in [0, 0.05) is 19.6 Å². The summed E-state index contributed by atoms with van der Waals surface area (Å²) in [5.74, 6) is 0.00801. The Hall–Kier alpha value is -0.763. The van der Waals surface area contributed by atoms with Gasteiger partial charge in [0.25, 0.3) is 0 Å². The van der Waals surface area contributed by atoms with E-state index in [1.807, 2.05) is 6.92 Å². The van der Waals surface area contributed by atoms with Crippen LogP contribution < -0.4 is 0 Å². The van der Waals surface area contributed by atoms with E-state index in [2.05, 4.69) is 64.2 Å². The molecule has 6 heteroatoms. The quantitative estimate of drug-likeness (QED) is 0.333. The number of rotatable bonds is 7. The van der Waals surface area contributed by atoms with E-state index in [0.29, 0.717) is 5.92 Å². The van der Waals surface area contributed by atoms with Gasteiger partial charge in [0.2, 0.25) is 5.79 Å². The van der Waals surface area contributed by atoms with E-state index in [4.69, 9.17) is 23.7 Å². The van der Waals surface area contributed by atoms with Crippen molar-refractivity contribution in [3.05, 3.63) is 35.9 Å². The van der Waals surface area contributed by atoms with Crippen molar-refractivity contribution >= 4 is 8.32 Å². The second-order valence-electron chi connectivity index (χ2n) is 12.1. The molecule has 33 heavy (non-hydrogen) atoms. The number of ether oxygens (including phenoxy) is 2. The molecule has 3 saturated heterocycles. The molecule has 5 rings (SSSR count). The second kappa shape index (κ2) is 9.36. The molecule has 3 aliphatic heterocycles. The van der Waals surface area contributed by atoms with Crippen LogP contribution in [0.15, 0.2) is 30.3 Å². The van der Waals surface area contributed by atoms with Crippen LogP contribution in [0.2, 0.25) is 18.1 Å². The first kappa shape index (κ1) is 25.3. The Morgan fingerprint density at radius 1 is 1.06 bits per heavy atom. The van der Waals surface area contributed by atoms with Gasteiger partial charge < -0.3 is 13.9 Å². The molecule has 1 spiro atoms. The third-order valence-electron chi connectivity index (χ3n) is 9.03. The molecular formula is C27H44O5Si. The molecule has 4 aliphatic rings. The minimum absolute atomic E-state index is 0.203. The number of methoxy groups -OCH3 is 1. The van der Waals surface area contributed by atoms with Gasteiger partial charge in [-0.3, -0.25) is 0 Å². The van der Waals surface area contributed by atoms with E-state index in [9.17, 15) is 0 Å². The Bertz CT molecular complexity index is 793. The number of hydrogen-bond acceptors (Lipinski definition) is 5. The van der Waals surface area contributed by atoms with Gasteiger partial charge in [-0.15, -0.1) is 0 Å². The number of fused-ring (bicyclic) bond motifs is 3. The lowest BCUT2D eigenvalue weighted by Gasteiger charge is -2.53. The lowest BCUT2D eigenvalue weighted by molar-refractivity contribution is -0.560. The van der Waals surface area contributed by atoms with Gasteiger partial charge in [-0.25, -0.2) is 9.78 Å². The smallest absolute Gasteiger partial charge is 0.204 e. The van der Waals surface area contributed by atoms with E-state index in [-0.39, 0.29) is 16.9 Å². The van der Waals surface area contributed by atoms with Crippen LogP contribution in [0.1, 0.15) is 65.4 Å². The molecule has 0 amide bonds. The Morgan fingerprint density at radius 3 is 2.45 bits per heavy atom. The predicted molar refractivity (Wildman–Crippen MR) is 132 cm³/mol. The fourth-order valence-electron chi connectivity index (χ4n) is 5.90. The highest BCUT2D eigenvalue weighted by atomic mass is 28.4. The normalized spacial score (nSPS) is 36.9. The summed E-state index contributed by atoms with van der Waals surface area (Å²) in [4.78, 5) is 12.6. The topological polar surface area (TPSA) is 46.2 Å². The molecule has 5 nitrogen and oxygen atoms in total. The average Bonchev–Trinajstić information content (AvgIpc) is 2.95. The molecule has 2 bridgehead atoms. The molecule has 6 atom stereocenters. The first-order valence-electron chi connectivity index (χ1n) is 12.8. The Balaban J connectivity index is 1.55. The summed E-state index contributed by atoms with van der Waals surface area (Å²) in [5, 5.41) is 0.206. The van der Waals surface area contributed by atoms with Gasteiger partial charge in [0.05, 0.1) is 0 Å². The van der Waals surface area contributed by atoms with Crippen LogP contribution in [-0.4, -0.2) is 39.7 Å². The fraction of sp³-hybridized carbons (Fsp3) is 0.778. The van der Waals surface area contributed by atoms with Crippen LogP contribution in [-0.2, 0) is 30.1 Å².